The van der Waals surface area contributed by atoms with Gasteiger partial charge in [-0.2, -0.15) is 0 Å². The summed E-state index contributed by atoms with van der Waals surface area (Å²) in [6.45, 7) is 6.63. The molecular formula is C16H26N2O2. The summed E-state index contributed by atoms with van der Waals surface area (Å²) >= 11 is 0. The highest BCUT2D eigenvalue weighted by molar-refractivity contribution is 5.88. The first-order valence-corrected chi connectivity index (χ1v) is 7.37. The summed E-state index contributed by atoms with van der Waals surface area (Å²) in [5.41, 5.74) is 1.62. The normalized spacial score (nSPS) is 13.8. The molecule has 0 aliphatic rings. The zero-order valence-electron chi connectivity index (χ0n) is 12.6. The Morgan fingerprint density at radius 2 is 1.90 bits per heavy atom. The van der Waals surface area contributed by atoms with Crippen LogP contribution in [0.25, 0.3) is 0 Å². The smallest absolute Gasteiger partial charge is 0.221 e. The molecule has 1 amide bonds. The van der Waals surface area contributed by atoms with Gasteiger partial charge in [0.25, 0.3) is 0 Å². The third kappa shape index (κ3) is 5.31. The standard InChI is InChI=1S/C16H26N2O2/c1-4-6-11-17-15(5-2)16(20)13-7-9-14(10-8-13)18-12(3)19/h7-10,15-17,20H,4-6,11H2,1-3H3,(H,18,19). The van der Waals surface area contributed by atoms with E-state index in [0.717, 1.165) is 37.1 Å². The number of rotatable bonds is 8. The van der Waals surface area contributed by atoms with Gasteiger partial charge in [0.2, 0.25) is 5.91 Å². The molecule has 0 saturated carbocycles. The van der Waals surface area contributed by atoms with Crippen molar-refractivity contribution in [2.45, 2.75) is 52.2 Å². The number of benzene rings is 1. The average Bonchev–Trinajstić information content (AvgIpc) is 2.43. The molecule has 0 fully saturated rings. The van der Waals surface area contributed by atoms with Crippen LogP contribution in [0.3, 0.4) is 0 Å². The molecule has 1 rings (SSSR count). The van der Waals surface area contributed by atoms with E-state index in [9.17, 15) is 9.90 Å². The lowest BCUT2D eigenvalue weighted by Gasteiger charge is -2.23. The molecule has 20 heavy (non-hydrogen) atoms. The second kappa shape index (κ2) is 8.72. The molecule has 0 spiro atoms. The van der Waals surface area contributed by atoms with Gasteiger partial charge >= 0.3 is 0 Å². The summed E-state index contributed by atoms with van der Waals surface area (Å²) in [5.74, 6) is -0.0917. The van der Waals surface area contributed by atoms with E-state index in [2.05, 4.69) is 24.5 Å². The number of hydrogen-bond donors (Lipinski definition) is 3. The lowest BCUT2D eigenvalue weighted by molar-refractivity contribution is -0.114. The van der Waals surface area contributed by atoms with Gasteiger partial charge in [0.05, 0.1) is 6.10 Å². The largest absolute Gasteiger partial charge is 0.387 e. The van der Waals surface area contributed by atoms with Crippen LogP contribution >= 0.6 is 0 Å². The molecule has 0 saturated heterocycles. The molecule has 0 radical (unpaired) electrons. The number of unbranched alkanes of at least 4 members (excludes halogenated alkanes) is 1. The van der Waals surface area contributed by atoms with E-state index < -0.39 is 6.10 Å². The molecule has 112 valence electrons. The third-order valence-electron chi connectivity index (χ3n) is 3.33. The topological polar surface area (TPSA) is 61.4 Å². The van der Waals surface area contributed by atoms with Gasteiger partial charge < -0.3 is 15.7 Å². The van der Waals surface area contributed by atoms with Crippen LogP contribution < -0.4 is 10.6 Å². The van der Waals surface area contributed by atoms with E-state index in [1.807, 2.05) is 24.3 Å². The maximum absolute atomic E-state index is 11.0. The van der Waals surface area contributed by atoms with Crippen LogP contribution in [-0.4, -0.2) is 23.6 Å². The summed E-state index contributed by atoms with van der Waals surface area (Å²) in [6, 6.07) is 7.42. The zero-order valence-corrected chi connectivity index (χ0v) is 12.6. The first kappa shape index (κ1) is 16.7. The van der Waals surface area contributed by atoms with E-state index in [-0.39, 0.29) is 11.9 Å². The monoisotopic (exact) mass is 278 g/mol. The predicted octanol–water partition coefficient (Wildman–Crippen LogP) is 2.85. The van der Waals surface area contributed by atoms with E-state index >= 15 is 0 Å². The van der Waals surface area contributed by atoms with Crippen molar-refractivity contribution in [3.63, 3.8) is 0 Å². The predicted molar refractivity (Wildman–Crippen MR) is 82.7 cm³/mol. The molecule has 1 aromatic rings. The number of aliphatic hydroxyl groups is 1. The first-order chi connectivity index (χ1) is 9.58. The minimum Gasteiger partial charge on any atom is -0.387 e. The third-order valence-corrected chi connectivity index (χ3v) is 3.33. The highest BCUT2D eigenvalue weighted by Crippen LogP contribution is 2.21. The van der Waals surface area contributed by atoms with Gasteiger partial charge in [-0.15, -0.1) is 0 Å². The quantitative estimate of drug-likeness (QED) is 0.641. The first-order valence-electron chi connectivity index (χ1n) is 7.37. The summed E-state index contributed by atoms with van der Waals surface area (Å²) < 4.78 is 0. The van der Waals surface area contributed by atoms with Crippen LogP contribution in [0.1, 0.15) is 51.7 Å². The highest BCUT2D eigenvalue weighted by atomic mass is 16.3. The molecule has 4 heteroatoms. The van der Waals surface area contributed by atoms with Gasteiger partial charge in [-0.3, -0.25) is 4.79 Å². The Morgan fingerprint density at radius 3 is 2.40 bits per heavy atom. The van der Waals surface area contributed by atoms with Gasteiger partial charge in [0, 0.05) is 18.7 Å². The van der Waals surface area contributed by atoms with Crippen LogP contribution in [-0.2, 0) is 4.79 Å². The van der Waals surface area contributed by atoms with Gasteiger partial charge in [0.15, 0.2) is 0 Å². The molecule has 4 nitrogen and oxygen atoms in total. The molecule has 0 aliphatic heterocycles. The molecule has 2 atom stereocenters. The molecular weight excluding hydrogens is 252 g/mol. The van der Waals surface area contributed by atoms with Crippen molar-refractivity contribution in [3.05, 3.63) is 29.8 Å². The lowest BCUT2D eigenvalue weighted by atomic mass is 10.00. The summed E-state index contributed by atoms with van der Waals surface area (Å²) in [6.07, 6.45) is 2.61. The number of carbonyl (C=O) groups excluding carboxylic acids is 1. The number of hydrogen-bond acceptors (Lipinski definition) is 3. The number of nitrogens with one attached hydrogen (secondary N) is 2. The van der Waals surface area contributed by atoms with Crippen molar-refractivity contribution in [1.82, 2.24) is 5.32 Å². The van der Waals surface area contributed by atoms with Crippen LogP contribution in [0.5, 0.6) is 0 Å². The van der Waals surface area contributed by atoms with Crippen molar-refractivity contribution in [2.75, 3.05) is 11.9 Å². The van der Waals surface area contributed by atoms with Crippen molar-refractivity contribution < 1.29 is 9.90 Å². The molecule has 0 heterocycles. The van der Waals surface area contributed by atoms with Crippen molar-refractivity contribution in [1.29, 1.82) is 0 Å². The molecule has 3 N–H and O–H groups in total. The Kier molecular flexibility index (Phi) is 7.26. The highest BCUT2D eigenvalue weighted by Gasteiger charge is 2.18. The Morgan fingerprint density at radius 1 is 1.25 bits per heavy atom. The summed E-state index contributed by atoms with van der Waals surface area (Å²) in [4.78, 5) is 11.0. The van der Waals surface area contributed by atoms with E-state index in [1.165, 1.54) is 6.92 Å². The summed E-state index contributed by atoms with van der Waals surface area (Å²) in [7, 11) is 0. The van der Waals surface area contributed by atoms with Crippen molar-refractivity contribution in [2.24, 2.45) is 0 Å². The fraction of sp³-hybridized carbons (Fsp3) is 0.562. The SMILES string of the molecule is CCCCNC(CC)C(O)c1ccc(NC(C)=O)cc1. The second-order valence-electron chi connectivity index (χ2n) is 5.07. The molecule has 1 aromatic carbocycles. The van der Waals surface area contributed by atoms with E-state index in [0.29, 0.717) is 0 Å². The average molecular weight is 278 g/mol. The summed E-state index contributed by atoms with van der Waals surface area (Å²) in [5, 5.41) is 16.5. The fourth-order valence-electron chi connectivity index (χ4n) is 2.14. The zero-order chi connectivity index (χ0) is 15.0. The van der Waals surface area contributed by atoms with E-state index in [1.54, 1.807) is 0 Å². The van der Waals surface area contributed by atoms with Crippen molar-refractivity contribution in [3.8, 4) is 0 Å². The number of anilines is 1. The number of aliphatic hydroxyl groups excluding tert-OH is 1. The van der Waals surface area contributed by atoms with Crippen molar-refractivity contribution >= 4 is 11.6 Å². The van der Waals surface area contributed by atoms with Crippen LogP contribution in [0.2, 0.25) is 0 Å². The van der Waals surface area contributed by atoms with Gasteiger partial charge in [0.1, 0.15) is 0 Å². The number of carbonyl (C=O) groups is 1. The molecule has 0 aromatic heterocycles. The minimum atomic E-state index is -0.525. The Hall–Kier alpha value is -1.39. The van der Waals surface area contributed by atoms with Gasteiger partial charge in [-0.1, -0.05) is 32.4 Å². The maximum atomic E-state index is 11.0. The minimum absolute atomic E-state index is 0.0631. The van der Waals surface area contributed by atoms with Crippen LogP contribution in [0.4, 0.5) is 5.69 Å². The number of amides is 1. The van der Waals surface area contributed by atoms with Gasteiger partial charge in [-0.05, 0) is 37.1 Å². The maximum Gasteiger partial charge on any atom is 0.221 e. The van der Waals surface area contributed by atoms with Gasteiger partial charge in [-0.25, -0.2) is 0 Å². The van der Waals surface area contributed by atoms with E-state index in [4.69, 9.17) is 0 Å². The van der Waals surface area contributed by atoms with Crippen LogP contribution in [0.15, 0.2) is 24.3 Å². The molecule has 0 bridgehead atoms. The molecule has 2 unspecified atom stereocenters. The second-order valence-corrected chi connectivity index (χ2v) is 5.07. The Bertz CT molecular complexity index is 403. The molecule has 0 aliphatic carbocycles. The van der Waals surface area contributed by atoms with Crippen LogP contribution in [0, 0.1) is 0 Å². The Labute approximate surface area is 121 Å². The fourth-order valence-corrected chi connectivity index (χ4v) is 2.14. The lowest BCUT2D eigenvalue weighted by Crippen LogP contribution is -2.35. The Balaban J connectivity index is 2.64.